The van der Waals surface area contributed by atoms with E-state index in [1.165, 1.54) is 16.9 Å². The zero-order chi connectivity index (χ0) is 15.2. The van der Waals surface area contributed by atoms with E-state index in [-0.39, 0.29) is 24.4 Å². The van der Waals surface area contributed by atoms with E-state index in [9.17, 15) is 4.79 Å². The predicted octanol–water partition coefficient (Wildman–Crippen LogP) is 3.12. The molecule has 0 saturated carbocycles. The van der Waals surface area contributed by atoms with Crippen LogP contribution in [0.4, 0.5) is 0 Å². The zero-order valence-electron chi connectivity index (χ0n) is 12.9. The summed E-state index contributed by atoms with van der Waals surface area (Å²) in [5, 5.41) is 2.58. The van der Waals surface area contributed by atoms with Gasteiger partial charge in [-0.25, -0.2) is 4.98 Å². The lowest BCUT2D eigenvalue weighted by molar-refractivity contribution is 0.0722. The highest BCUT2D eigenvalue weighted by Crippen LogP contribution is 2.16. The van der Waals surface area contributed by atoms with Gasteiger partial charge in [-0.15, -0.1) is 23.7 Å². The Morgan fingerprint density at radius 3 is 2.59 bits per heavy atom. The van der Waals surface area contributed by atoms with Crippen LogP contribution in [0.1, 0.15) is 34.4 Å². The van der Waals surface area contributed by atoms with Crippen molar-refractivity contribution >= 4 is 29.7 Å². The van der Waals surface area contributed by atoms with Gasteiger partial charge >= 0.3 is 0 Å². The monoisotopic (exact) mass is 339 g/mol. The zero-order valence-corrected chi connectivity index (χ0v) is 14.5. The predicted molar refractivity (Wildman–Crippen MR) is 93.6 cm³/mol. The molecule has 0 aliphatic rings. The summed E-state index contributed by atoms with van der Waals surface area (Å²) in [5.74, 6) is -0.0336. The molecule has 1 aromatic carbocycles. The third-order valence-electron chi connectivity index (χ3n) is 3.60. The van der Waals surface area contributed by atoms with Crippen molar-refractivity contribution < 1.29 is 4.79 Å². The van der Waals surface area contributed by atoms with E-state index in [2.05, 4.69) is 24.0 Å². The number of halogens is 1. The minimum absolute atomic E-state index is 0. The molecule has 4 nitrogen and oxygen atoms in total. The van der Waals surface area contributed by atoms with Crippen LogP contribution in [0, 0.1) is 0 Å². The van der Waals surface area contributed by atoms with Crippen LogP contribution in [-0.4, -0.2) is 28.9 Å². The Balaban J connectivity index is 0.00000242. The van der Waals surface area contributed by atoms with Gasteiger partial charge in [0.15, 0.2) is 0 Å². The average molecular weight is 340 g/mol. The van der Waals surface area contributed by atoms with Crippen molar-refractivity contribution in [2.45, 2.75) is 32.4 Å². The number of carbonyl (C=O) groups is 1. The molecule has 1 atom stereocenters. The second-order valence-electron chi connectivity index (χ2n) is 5.00. The maximum absolute atomic E-state index is 12.5. The first-order chi connectivity index (χ1) is 10.2. The summed E-state index contributed by atoms with van der Waals surface area (Å²) in [6.07, 6.45) is 1.76. The van der Waals surface area contributed by atoms with Crippen molar-refractivity contribution in [3.8, 4) is 0 Å². The molecule has 120 valence electrons. The van der Waals surface area contributed by atoms with E-state index in [1.54, 1.807) is 10.3 Å². The van der Waals surface area contributed by atoms with Crippen LogP contribution >= 0.6 is 23.7 Å². The smallest absolute Gasteiger partial charge is 0.273 e. The summed E-state index contributed by atoms with van der Waals surface area (Å²) in [6.45, 7) is 2.48. The van der Waals surface area contributed by atoms with Gasteiger partial charge in [0.25, 0.3) is 5.91 Å². The first-order valence-corrected chi connectivity index (χ1v) is 7.99. The number of benzene rings is 1. The second-order valence-corrected chi connectivity index (χ2v) is 5.94. The van der Waals surface area contributed by atoms with E-state index in [0.29, 0.717) is 12.2 Å². The molecule has 22 heavy (non-hydrogen) atoms. The Morgan fingerprint density at radius 1 is 1.36 bits per heavy atom. The normalized spacial score (nSPS) is 11.6. The number of likely N-dealkylation sites (N-methyl/N-ethyl adjacent to an activating group) is 1. The summed E-state index contributed by atoms with van der Waals surface area (Å²) in [5.41, 5.74) is 7.29. The first-order valence-electron chi connectivity index (χ1n) is 7.11. The number of thiazole rings is 1. The molecule has 1 unspecified atom stereocenters. The first kappa shape index (κ1) is 18.6. The summed E-state index contributed by atoms with van der Waals surface area (Å²) in [7, 11) is 1.85. The molecule has 0 aliphatic carbocycles. The minimum Gasteiger partial charge on any atom is -0.337 e. The van der Waals surface area contributed by atoms with Crippen LogP contribution in [0.3, 0.4) is 0 Å². The fourth-order valence-electron chi connectivity index (χ4n) is 2.29. The Hall–Kier alpha value is -1.43. The van der Waals surface area contributed by atoms with Gasteiger partial charge in [-0.05, 0) is 18.4 Å². The molecule has 0 fully saturated rings. The maximum Gasteiger partial charge on any atom is 0.273 e. The standard InChI is InChI=1S/C16H21N3OS.ClH/c1-3-13(9-12-7-5-4-6-8-12)19(2)16(20)14-11-21-15(10-17)18-14;/h4-8,11,13H,3,9-10,17H2,1-2H3;1H. The number of nitrogens with two attached hydrogens (primary N) is 1. The van der Waals surface area contributed by atoms with Crippen LogP contribution in [0.15, 0.2) is 35.7 Å². The van der Waals surface area contributed by atoms with Crippen LogP contribution in [0.2, 0.25) is 0 Å². The molecule has 1 heterocycles. The van der Waals surface area contributed by atoms with Gasteiger partial charge in [-0.3, -0.25) is 4.79 Å². The summed E-state index contributed by atoms with van der Waals surface area (Å²) < 4.78 is 0. The van der Waals surface area contributed by atoms with Gasteiger partial charge in [0.2, 0.25) is 0 Å². The van der Waals surface area contributed by atoms with Gasteiger partial charge in [-0.1, -0.05) is 37.3 Å². The Bertz CT molecular complexity index is 588. The molecule has 0 saturated heterocycles. The van der Waals surface area contributed by atoms with Crippen molar-refractivity contribution in [3.05, 3.63) is 52.0 Å². The number of aromatic nitrogens is 1. The molecule has 1 amide bonds. The quantitative estimate of drug-likeness (QED) is 0.879. The number of hydrogen-bond donors (Lipinski definition) is 1. The van der Waals surface area contributed by atoms with Crippen LogP contribution in [0.25, 0.3) is 0 Å². The fraction of sp³-hybridized carbons (Fsp3) is 0.375. The summed E-state index contributed by atoms with van der Waals surface area (Å²) in [6, 6.07) is 10.4. The van der Waals surface area contributed by atoms with Crippen molar-refractivity contribution in [3.63, 3.8) is 0 Å². The highest BCUT2D eigenvalue weighted by atomic mass is 35.5. The summed E-state index contributed by atoms with van der Waals surface area (Å²) >= 11 is 1.43. The fourth-order valence-corrected chi connectivity index (χ4v) is 2.94. The lowest BCUT2D eigenvalue weighted by atomic mass is 10.0. The number of rotatable bonds is 6. The molecule has 6 heteroatoms. The summed E-state index contributed by atoms with van der Waals surface area (Å²) in [4.78, 5) is 18.6. The molecule has 1 aromatic heterocycles. The number of hydrogen-bond acceptors (Lipinski definition) is 4. The lowest BCUT2D eigenvalue weighted by Crippen LogP contribution is -2.38. The van der Waals surface area contributed by atoms with E-state index in [4.69, 9.17) is 5.73 Å². The van der Waals surface area contributed by atoms with Crippen molar-refractivity contribution in [2.24, 2.45) is 5.73 Å². The maximum atomic E-state index is 12.5. The van der Waals surface area contributed by atoms with E-state index in [1.807, 2.05) is 25.2 Å². The van der Waals surface area contributed by atoms with Crippen LogP contribution < -0.4 is 5.73 Å². The second kappa shape index (κ2) is 8.88. The van der Waals surface area contributed by atoms with Gasteiger partial charge in [0.1, 0.15) is 10.7 Å². The molecular weight excluding hydrogens is 318 g/mol. The Kier molecular flexibility index (Phi) is 7.51. The number of amides is 1. The highest BCUT2D eigenvalue weighted by Gasteiger charge is 2.22. The van der Waals surface area contributed by atoms with E-state index < -0.39 is 0 Å². The average Bonchev–Trinajstić information content (AvgIpc) is 3.01. The number of carbonyl (C=O) groups excluding carboxylic acids is 1. The Labute approximate surface area is 141 Å². The highest BCUT2D eigenvalue weighted by molar-refractivity contribution is 7.09. The molecule has 0 aliphatic heterocycles. The molecule has 2 N–H and O–H groups in total. The third-order valence-corrected chi connectivity index (χ3v) is 4.47. The molecule has 2 aromatic rings. The van der Waals surface area contributed by atoms with Gasteiger partial charge < -0.3 is 10.6 Å². The van der Waals surface area contributed by atoms with Crippen molar-refractivity contribution in [2.75, 3.05) is 7.05 Å². The topological polar surface area (TPSA) is 59.2 Å². The van der Waals surface area contributed by atoms with Gasteiger partial charge in [0.05, 0.1) is 0 Å². The minimum atomic E-state index is -0.0336. The van der Waals surface area contributed by atoms with Crippen LogP contribution in [-0.2, 0) is 13.0 Å². The molecule has 0 radical (unpaired) electrons. The van der Waals surface area contributed by atoms with Crippen molar-refractivity contribution in [1.82, 2.24) is 9.88 Å². The lowest BCUT2D eigenvalue weighted by Gasteiger charge is -2.27. The van der Waals surface area contributed by atoms with Crippen molar-refractivity contribution in [1.29, 1.82) is 0 Å². The molecule has 0 spiro atoms. The SMILES string of the molecule is CCC(Cc1ccccc1)N(C)C(=O)c1csc(CN)n1.Cl. The molecule has 2 rings (SSSR count). The van der Waals surface area contributed by atoms with E-state index >= 15 is 0 Å². The van der Waals surface area contributed by atoms with E-state index in [0.717, 1.165) is 17.8 Å². The number of nitrogens with zero attached hydrogens (tertiary/aromatic N) is 2. The molecular formula is C16H22ClN3OS. The Morgan fingerprint density at radius 2 is 2.05 bits per heavy atom. The largest absolute Gasteiger partial charge is 0.337 e. The van der Waals surface area contributed by atoms with Gasteiger partial charge in [-0.2, -0.15) is 0 Å². The molecule has 0 bridgehead atoms. The third kappa shape index (κ3) is 4.53. The van der Waals surface area contributed by atoms with Crippen LogP contribution in [0.5, 0.6) is 0 Å². The van der Waals surface area contributed by atoms with Gasteiger partial charge in [0, 0.05) is 25.0 Å².